The van der Waals surface area contributed by atoms with Crippen molar-refractivity contribution in [3.05, 3.63) is 35.7 Å². The van der Waals surface area contributed by atoms with Crippen LogP contribution in [0, 0.1) is 0 Å². The monoisotopic (exact) mass is 248 g/mol. The fraction of sp³-hybridized carbons (Fsp3) is 0. The van der Waals surface area contributed by atoms with Gasteiger partial charge >= 0.3 is 0 Å². The predicted octanol–water partition coefficient (Wildman–Crippen LogP) is 3.62. The number of nitrogen functional groups attached to an aromatic ring is 1. The molecule has 0 amide bonds. The number of aromatic nitrogens is 1. The largest absolute Gasteiger partial charge is 0.431 e. The van der Waals surface area contributed by atoms with Crippen LogP contribution in [-0.4, -0.2) is 4.98 Å². The van der Waals surface area contributed by atoms with Crippen molar-refractivity contribution in [2.24, 2.45) is 0 Å². The number of hydrogen-bond acceptors (Lipinski definition) is 5. The number of nitrogens with zero attached hydrogens (tertiary/aromatic N) is 1. The maximum atomic E-state index is 5.68. The molecule has 0 saturated heterocycles. The van der Waals surface area contributed by atoms with Crippen LogP contribution in [0.15, 0.2) is 49.6 Å². The van der Waals surface area contributed by atoms with Crippen molar-refractivity contribution in [3.63, 3.8) is 0 Å². The zero-order valence-electron chi connectivity index (χ0n) is 8.21. The molecule has 0 fully saturated rings. The molecule has 80 valence electrons. The van der Waals surface area contributed by atoms with Gasteiger partial charge in [-0.15, -0.1) is 11.3 Å². The van der Waals surface area contributed by atoms with E-state index in [-0.39, 0.29) is 0 Å². The lowest BCUT2D eigenvalue weighted by molar-refractivity contribution is 0.490. The highest BCUT2D eigenvalue weighted by molar-refractivity contribution is 8.00. The number of thiophene rings is 1. The Balaban J connectivity index is 1.99. The molecule has 3 nitrogen and oxygen atoms in total. The third kappa shape index (κ3) is 1.79. The predicted molar refractivity (Wildman–Crippen MR) is 66.9 cm³/mol. The lowest BCUT2D eigenvalue weighted by Crippen LogP contribution is -1.81. The molecular weight excluding hydrogens is 240 g/mol. The van der Waals surface area contributed by atoms with Gasteiger partial charge in [0.1, 0.15) is 5.52 Å². The number of benzene rings is 1. The number of fused-ring (bicyclic) bond motifs is 1. The van der Waals surface area contributed by atoms with Gasteiger partial charge in [-0.25, -0.2) is 4.98 Å². The highest BCUT2D eigenvalue weighted by Crippen LogP contribution is 2.32. The second-order valence-corrected chi connectivity index (χ2v) is 5.44. The lowest BCUT2D eigenvalue weighted by atomic mass is 10.3. The molecule has 1 aromatic carbocycles. The van der Waals surface area contributed by atoms with Crippen LogP contribution in [0.1, 0.15) is 0 Å². The summed E-state index contributed by atoms with van der Waals surface area (Å²) in [5.74, 6) is 0. The Morgan fingerprint density at radius 1 is 1.31 bits per heavy atom. The number of nitrogens with two attached hydrogens (primary N) is 1. The first-order valence-electron chi connectivity index (χ1n) is 4.69. The Hall–Kier alpha value is -1.46. The molecule has 0 unspecified atom stereocenters. The average Bonchev–Trinajstić information content (AvgIpc) is 2.86. The molecular formula is C11H8N2OS2. The third-order valence-corrected chi connectivity index (χ3v) is 3.96. The Labute approximate surface area is 100 Å². The topological polar surface area (TPSA) is 52.0 Å². The summed E-state index contributed by atoms with van der Waals surface area (Å²) >= 11 is 3.19. The van der Waals surface area contributed by atoms with Crippen molar-refractivity contribution in [1.29, 1.82) is 0 Å². The molecule has 0 radical (unpaired) electrons. The molecule has 16 heavy (non-hydrogen) atoms. The van der Waals surface area contributed by atoms with Crippen molar-refractivity contribution < 1.29 is 4.42 Å². The highest BCUT2D eigenvalue weighted by atomic mass is 32.2. The zero-order valence-corrected chi connectivity index (χ0v) is 9.85. The van der Waals surface area contributed by atoms with Gasteiger partial charge in [0.25, 0.3) is 5.22 Å². The van der Waals surface area contributed by atoms with Crippen molar-refractivity contribution in [3.8, 4) is 0 Å². The maximum Gasteiger partial charge on any atom is 0.262 e. The van der Waals surface area contributed by atoms with Crippen molar-refractivity contribution >= 4 is 39.9 Å². The van der Waals surface area contributed by atoms with E-state index < -0.39 is 0 Å². The van der Waals surface area contributed by atoms with Gasteiger partial charge in [0, 0.05) is 5.69 Å². The Morgan fingerprint density at radius 2 is 2.25 bits per heavy atom. The van der Waals surface area contributed by atoms with Crippen LogP contribution in [0.4, 0.5) is 5.69 Å². The van der Waals surface area contributed by atoms with E-state index in [4.69, 9.17) is 10.2 Å². The first kappa shape index (κ1) is 9.74. The second-order valence-electron chi connectivity index (χ2n) is 3.24. The van der Waals surface area contributed by atoms with Gasteiger partial charge in [-0.1, -0.05) is 6.07 Å². The van der Waals surface area contributed by atoms with E-state index in [0.717, 1.165) is 11.1 Å². The molecule has 3 rings (SSSR count). The van der Waals surface area contributed by atoms with Crippen molar-refractivity contribution in [2.75, 3.05) is 5.73 Å². The normalized spacial score (nSPS) is 11.0. The minimum absolute atomic E-state index is 0.656. The van der Waals surface area contributed by atoms with Gasteiger partial charge in [0.15, 0.2) is 5.58 Å². The van der Waals surface area contributed by atoms with E-state index in [9.17, 15) is 0 Å². The molecule has 5 heteroatoms. The molecule has 2 N–H and O–H groups in total. The van der Waals surface area contributed by atoms with Gasteiger partial charge in [0.05, 0.1) is 4.21 Å². The molecule has 0 aliphatic heterocycles. The van der Waals surface area contributed by atoms with Crippen molar-refractivity contribution in [1.82, 2.24) is 4.98 Å². The van der Waals surface area contributed by atoms with Crippen LogP contribution >= 0.6 is 23.1 Å². The molecule has 0 spiro atoms. The summed E-state index contributed by atoms with van der Waals surface area (Å²) < 4.78 is 6.77. The maximum absolute atomic E-state index is 5.68. The molecule has 2 aromatic heterocycles. The summed E-state index contributed by atoms with van der Waals surface area (Å²) in [6.45, 7) is 0. The van der Waals surface area contributed by atoms with Crippen molar-refractivity contribution in [2.45, 2.75) is 9.43 Å². The Bertz CT molecular complexity index is 616. The molecule has 0 atom stereocenters. The van der Waals surface area contributed by atoms with Gasteiger partial charge in [-0.05, 0) is 41.4 Å². The molecule has 0 aliphatic carbocycles. The number of anilines is 1. The Morgan fingerprint density at radius 3 is 3.06 bits per heavy atom. The smallest absolute Gasteiger partial charge is 0.262 e. The summed E-state index contributed by atoms with van der Waals surface area (Å²) in [6.07, 6.45) is 0. The van der Waals surface area contributed by atoms with E-state index in [2.05, 4.69) is 4.98 Å². The minimum atomic E-state index is 0.656. The highest BCUT2D eigenvalue weighted by Gasteiger charge is 2.07. The molecule has 0 saturated carbocycles. The Kier molecular flexibility index (Phi) is 2.34. The lowest BCUT2D eigenvalue weighted by Gasteiger charge is -1.88. The summed E-state index contributed by atoms with van der Waals surface area (Å²) in [4.78, 5) is 4.37. The standard InChI is InChI=1S/C11H8N2OS2/c12-7-3-4-9-8(6-7)13-11(14-9)16-10-2-1-5-15-10/h1-6H,12H2. The second kappa shape index (κ2) is 3.84. The van der Waals surface area contributed by atoms with E-state index in [1.165, 1.54) is 16.0 Å². The van der Waals surface area contributed by atoms with Gasteiger partial charge < -0.3 is 10.2 Å². The quantitative estimate of drug-likeness (QED) is 0.704. The van der Waals surface area contributed by atoms with E-state index in [0.29, 0.717) is 10.9 Å². The fourth-order valence-electron chi connectivity index (χ4n) is 1.37. The van der Waals surface area contributed by atoms with Crippen LogP contribution in [-0.2, 0) is 0 Å². The van der Waals surface area contributed by atoms with Crippen LogP contribution in [0.3, 0.4) is 0 Å². The fourth-order valence-corrected chi connectivity index (χ4v) is 2.99. The van der Waals surface area contributed by atoms with E-state index >= 15 is 0 Å². The number of oxazole rings is 1. The van der Waals surface area contributed by atoms with Crippen LogP contribution < -0.4 is 5.73 Å². The average molecular weight is 248 g/mol. The third-order valence-electron chi connectivity index (χ3n) is 2.07. The summed E-state index contributed by atoms with van der Waals surface area (Å²) in [5.41, 5.74) is 7.96. The number of rotatable bonds is 2. The van der Waals surface area contributed by atoms with Crippen LogP contribution in [0.25, 0.3) is 11.1 Å². The zero-order chi connectivity index (χ0) is 11.0. The van der Waals surface area contributed by atoms with Crippen LogP contribution in [0.5, 0.6) is 0 Å². The summed E-state index contributed by atoms with van der Waals surface area (Å²) in [6, 6.07) is 9.52. The first-order valence-corrected chi connectivity index (χ1v) is 6.38. The molecule has 0 bridgehead atoms. The van der Waals surface area contributed by atoms with Crippen LogP contribution in [0.2, 0.25) is 0 Å². The summed E-state index contributed by atoms with van der Waals surface area (Å²) in [7, 11) is 0. The van der Waals surface area contributed by atoms with Gasteiger partial charge in [0.2, 0.25) is 0 Å². The molecule has 3 aromatic rings. The molecule has 0 aliphatic rings. The van der Waals surface area contributed by atoms with E-state index in [1.54, 1.807) is 11.3 Å². The first-order chi connectivity index (χ1) is 7.81. The molecule has 2 heterocycles. The van der Waals surface area contributed by atoms with E-state index in [1.807, 2.05) is 35.7 Å². The number of hydrogen-bond donors (Lipinski definition) is 1. The summed E-state index contributed by atoms with van der Waals surface area (Å²) in [5, 5.41) is 2.69. The minimum Gasteiger partial charge on any atom is -0.431 e. The SMILES string of the molecule is Nc1ccc2oc(Sc3cccs3)nc2c1. The van der Waals surface area contributed by atoms with Gasteiger partial charge in [-0.2, -0.15) is 0 Å². The van der Waals surface area contributed by atoms with Gasteiger partial charge in [-0.3, -0.25) is 0 Å².